The number of amides is 2. The van der Waals surface area contributed by atoms with Gasteiger partial charge in [0.2, 0.25) is 5.91 Å². The van der Waals surface area contributed by atoms with Crippen LogP contribution in [-0.2, 0) is 4.79 Å². The van der Waals surface area contributed by atoms with Crippen molar-refractivity contribution in [3.63, 3.8) is 0 Å². The molecule has 1 aliphatic rings. The van der Waals surface area contributed by atoms with E-state index < -0.39 is 0 Å². The quantitative estimate of drug-likeness (QED) is 0.859. The molecule has 1 aliphatic heterocycles. The van der Waals surface area contributed by atoms with Crippen molar-refractivity contribution >= 4 is 11.8 Å². The maximum Gasteiger partial charge on any atom is 0.251 e. The third-order valence-corrected chi connectivity index (χ3v) is 4.22. The molecule has 120 valence electrons. The maximum atomic E-state index is 12.1. The van der Waals surface area contributed by atoms with Gasteiger partial charge in [-0.2, -0.15) is 0 Å². The fourth-order valence-electron chi connectivity index (χ4n) is 2.67. The number of aryl methyl sites for hydroxylation is 1. The predicted octanol–water partition coefficient (Wildman–Crippen LogP) is 1.18. The average molecular weight is 303 g/mol. The number of rotatable bonds is 5. The number of hydrogen-bond donors (Lipinski definition) is 2. The lowest BCUT2D eigenvalue weighted by Crippen LogP contribution is -2.42. The zero-order valence-electron chi connectivity index (χ0n) is 13.4. The minimum Gasteiger partial charge on any atom is -0.358 e. The van der Waals surface area contributed by atoms with Crippen LogP contribution in [0.25, 0.3) is 0 Å². The summed E-state index contributed by atoms with van der Waals surface area (Å²) in [6.45, 7) is 5.02. The fourth-order valence-corrected chi connectivity index (χ4v) is 2.67. The van der Waals surface area contributed by atoms with Crippen molar-refractivity contribution in [1.29, 1.82) is 0 Å². The molecule has 1 aromatic carbocycles. The summed E-state index contributed by atoms with van der Waals surface area (Å²) in [6.07, 6.45) is 2.04. The molecule has 2 rings (SSSR count). The first kappa shape index (κ1) is 16.5. The monoisotopic (exact) mass is 303 g/mol. The lowest BCUT2D eigenvalue weighted by Gasteiger charge is -2.31. The number of nitrogens with one attached hydrogen (secondary N) is 2. The molecule has 0 saturated carbocycles. The Morgan fingerprint density at radius 1 is 1.18 bits per heavy atom. The first-order chi connectivity index (χ1) is 10.6. The van der Waals surface area contributed by atoms with Crippen LogP contribution in [0.15, 0.2) is 24.3 Å². The zero-order chi connectivity index (χ0) is 15.9. The van der Waals surface area contributed by atoms with Crippen molar-refractivity contribution in [2.24, 2.45) is 5.92 Å². The van der Waals surface area contributed by atoms with E-state index >= 15 is 0 Å². The second-order valence-electron chi connectivity index (χ2n) is 5.97. The van der Waals surface area contributed by atoms with Crippen molar-refractivity contribution in [2.45, 2.75) is 19.8 Å². The van der Waals surface area contributed by atoms with Gasteiger partial charge in [-0.3, -0.25) is 14.5 Å². The van der Waals surface area contributed by atoms with Gasteiger partial charge in [0.25, 0.3) is 5.91 Å². The van der Waals surface area contributed by atoms with Crippen molar-refractivity contribution in [3.05, 3.63) is 35.4 Å². The molecule has 1 fully saturated rings. The number of nitrogens with zero attached hydrogens (tertiary/aromatic N) is 1. The van der Waals surface area contributed by atoms with Gasteiger partial charge >= 0.3 is 0 Å². The highest BCUT2D eigenvalue weighted by atomic mass is 16.2. The first-order valence-electron chi connectivity index (χ1n) is 7.86. The number of carbonyl (C=O) groups is 2. The molecule has 2 N–H and O–H groups in total. The first-order valence-corrected chi connectivity index (χ1v) is 7.86. The Labute approximate surface area is 132 Å². The highest BCUT2D eigenvalue weighted by Gasteiger charge is 2.21. The summed E-state index contributed by atoms with van der Waals surface area (Å²) in [5.74, 6) is 0.550. The minimum atomic E-state index is -0.00668. The van der Waals surface area contributed by atoms with E-state index in [0.717, 1.165) is 31.5 Å². The summed E-state index contributed by atoms with van der Waals surface area (Å²) < 4.78 is 0. The molecule has 2 amide bonds. The molecule has 0 bridgehead atoms. The van der Waals surface area contributed by atoms with Gasteiger partial charge in [-0.05, 0) is 50.9 Å². The maximum absolute atomic E-state index is 12.1. The third kappa shape index (κ3) is 4.84. The number of likely N-dealkylation sites (tertiary alicyclic amines) is 1. The Hall–Kier alpha value is -1.88. The molecular formula is C17H25N3O2. The lowest BCUT2D eigenvalue weighted by atomic mass is 9.96. The smallest absolute Gasteiger partial charge is 0.251 e. The van der Waals surface area contributed by atoms with Crippen LogP contribution < -0.4 is 10.6 Å². The summed E-state index contributed by atoms with van der Waals surface area (Å²) in [5, 5.41) is 5.67. The van der Waals surface area contributed by atoms with Gasteiger partial charge in [0.15, 0.2) is 0 Å². The van der Waals surface area contributed by atoms with E-state index in [1.165, 1.54) is 0 Å². The molecule has 0 aromatic heterocycles. The van der Waals surface area contributed by atoms with Gasteiger partial charge in [-0.15, -0.1) is 0 Å². The van der Waals surface area contributed by atoms with E-state index in [9.17, 15) is 9.59 Å². The number of hydrogen-bond acceptors (Lipinski definition) is 3. The summed E-state index contributed by atoms with van der Waals surface area (Å²) in [6, 6.07) is 7.62. The Bertz CT molecular complexity index is 505. The summed E-state index contributed by atoms with van der Waals surface area (Å²) in [4.78, 5) is 25.6. The van der Waals surface area contributed by atoms with Crippen molar-refractivity contribution in [1.82, 2.24) is 15.5 Å². The number of piperidine rings is 1. The van der Waals surface area contributed by atoms with Crippen LogP contribution in [0.4, 0.5) is 0 Å². The summed E-state index contributed by atoms with van der Waals surface area (Å²) in [5.41, 5.74) is 1.86. The Morgan fingerprint density at radius 3 is 2.41 bits per heavy atom. The van der Waals surface area contributed by atoms with E-state index in [2.05, 4.69) is 15.5 Å². The highest BCUT2D eigenvalue weighted by Crippen LogP contribution is 2.16. The van der Waals surface area contributed by atoms with Gasteiger partial charge in [-0.25, -0.2) is 0 Å². The largest absolute Gasteiger partial charge is 0.358 e. The van der Waals surface area contributed by atoms with Gasteiger partial charge < -0.3 is 10.6 Å². The van der Waals surface area contributed by atoms with E-state index in [1.54, 1.807) is 7.05 Å². The van der Waals surface area contributed by atoms with Crippen LogP contribution in [0.1, 0.15) is 28.8 Å². The Kier molecular flexibility index (Phi) is 5.95. The van der Waals surface area contributed by atoms with Crippen molar-refractivity contribution < 1.29 is 9.59 Å². The van der Waals surface area contributed by atoms with Gasteiger partial charge in [0.1, 0.15) is 0 Å². The lowest BCUT2D eigenvalue weighted by molar-refractivity contribution is -0.122. The number of likely N-dealkylation sites (N-methyl/N-ethyl adjacent to an activating group) is 1. The molecular weight excluding hydrogens is 278 g/mol. The predicted molar refractivity (Wildman–Crippen MR) is 86.7 cm³/mol. The van der Waals surface area contributed by atoms with Crippen molar-refractivity contribution in [2.75, 3.05) is 33.2 Å². The summed E-state index contributed by atoms with van der Waals surface area (Å²) >= 11 is 0. The normalized spacial score (nSPS) is 16.3. The van der Waals surface area contributed by atoms with Crippen LogP contribution >= 0.6 is 0 Å². The molecule has 0 unspecified atom stereocenters. The second-order valence-corrected chi connectivity index (χ2v) is 5.97. The zero-order valence-corrected chi connectivity index (χ0v) is 13.4. The van der Waals surface area contributed by atoms with Crippen LogP contribution in [-0.4, -0.2) is 49.9 Å². The van der Waals surface area contributed by atoms with Crippen LogP contribution in [0.5, 0.6) is 0 Å². The Morgan fingerprint density at radius 2 is 1.82 bits per heavy atom. The second kappa shape index (κ2) is 7.94. The standard InChI is InChI=1S/C17H25N3O2/c1-13-3-5-15(6-4-13)17(22)19-11-14-7-9-20(10-8-14)12-16(21)18-2/h3-6,14H,7-12H2,1-2H3,(H,18,21)(H,19,22). The van der Waals surface area contributed by atoms with Crippen LogP contribution in [0, 0.1) is 12.8 Å². The van der Waals surface area contributed by atoms with Crippen molar-refractivity contribution in [3.8, 4) is 0 Å². The summed E-state index contributed by atoms with van der Waals surface area (Å²) in [7, 11) is 1.66. The average Bonchev–Trinajstić information content (AvgIpc) is 2.54. The molecule has 0 atom stereocenters. The van der Waals surface area contributed by atoms with Gasteiger partial charge in [0, 0.05) is 19.2 Å². The Balaban J connectivity index is 1.71. The van der Waals surface area contributed by atoms with Crippen LogP contribution in [0.3, 0.4) is 0 Å². The molecule has 1 aromatic rings. The van der Waals surface area contributed by atoms with Crippen LogP contribution in [0.2, 0.25) is 0 Å². The van der Waals surface area contributed by atoms with E-state index in [-0.39, 0.29) is 11.8 Å². The minimum absolute atomic E-state index is 0.00668. The third-order valence-electron chi connectivity index (χ3n) is 4.22. The fraction of sp³-hybridized carbons (Fsp3) is 0.529. The molecule has 0 spiro atoms. The van der Waals surface area contributed by atoms with Gasteiger partial charge in [0.05, 0.1) is 6.54 Å². The SMILES string of the molecule is CNC(=O)CN1CCC(CNC(=O)c2ccc(C)cc2)CC1. The number of carbonyl (C=O) groups excluding carboxylic acids is 2. The molecule has 0 aliphatic carbocycles. The molecule has 0 radical (unpaired) electrons. The highest BCUT2D eigenvalue weighted by molar-refractivity contribution is 5.94. The topological polar surface area (TPSA) is 61.4 Å². The van der Waals surface area contributed by atoms with Gasteiger partial charge in [-0.1, -0.05) is 17.7 Å². The number of benzene rings is 1. The molecule has 1 heterocycles. The molecule has 22 heavy (non-hydrogen) atoms. The van der Waals surface area contributed by atoms with E-state index in [4.69, 9.17) is 0 Å². The van der Waals surface area contributed by atoms with E-state index in [1.807, 2.05) is 31.2 Å². The van der Waals surface area contributed by atoms with E-state index in [0.29, 0.717) is 24.6 Å². The molecule has 5 nitrogen and oxygen atoms in total. The molecule has 1 saturated heterocycles. The molecule has 5 heteroatoms.